The number of carbonyl (C=O) groups excluding carboxylic acids is 1. The first-order chi connectivity index (χ1) is 17.0. The number of hydrogen-bond acceptors (Lipinski definition) is 4. The van der Waals surface area contributed by atoms with Crippen LogP contribution in [0.1, 0.15) is 142 Å². The Morgan fingerprint density at radius 1 is 0.857 bits per heavy atom. The topological polar surface area (TPSA) is 78.5 Å². The van der Waals surface area contributed by atoms with Crippen LogP contribution in [-0.2, 0) is 4.79 Å². The number of aliphatic carboxylic acids is 1. The van der Waals surface area contributed by atoms with Gasteiger partial charge in [0.2, 0.25) is 5.84 Å². The van der Waals surface area contributed by atoms with Crippen molar-refractivity contribution in [3.63, 3.8) is 0 Å². The van der Waals surface area contributed by atoms with Crippen molar-refractivity contribution in [3.8, 4) is 0 Å². The van der Waals surface area contributed by atoms with Crippen molar-refractivity contribution in [1.82, 2.24) is 0 Å². The second-order valence-corrected chi connectivity index (χ2v) is 10.5. The van der Waals surface area contributed by atoms with Gasteiger partial charge in [-0.05, 0) is 12.8 Å². The number of hydrogen-bond donors (Lipinski definition) is 1. The highest BCUT2D eigenvalue weighted by Gasteiger charge is 2.37. The molecule has 0 amide bonds. The molecule has 0 saturated heterocycles. The summed E-state index contributed by atoms with van der Waals surface area (Å²) in [6.07, 6.45) is 34.4. The molecule has 1 heterocycles. The highest BCUT2D eigenvalue weighted by atomic mass is 16.4. The number of allylic oxidation sites excluding steroid dienone is 1. The van der Waals surface area contributed by atoms with E-state index >= 15 is 0 Å². The smallest absolute Gasteiger partial charge is 0.233 e. The van der Waals surface area contributed by atoms with E-state index in [9.17, 15) is 9.90 Å². The van der Waals surface area contributed by atoms with E-state index in [1.165, 1.54) is 116 Å². The van der Waals surface area contributed by atoms with Crippen molar-refractivity contribution < 1.29 is 14.4 Å². The summed E-state index contributed by atoms with van der Waals surface area (Å²) < 4.78 is 0.0258. The number of aliphatic imine (C=N–C) groups is 1. The van der Waals surface area contributed by atoms with Gasteiger partial charge in [-0.2, -0.15) is 4.99 Å². The Morgan fingerprint density at radius 2 is 1.29 bits per heavy atom. The van der Waals surface area contributed by atoms with Crippen molar-refractivity contribution in [2.45, 2.75) is 148 Å². The van der Waals surface area contributed by atoms with E-state index in [4.69, 9.17) is 5.73 Å². The molecule has 0 aliphatic carbocycles. The van der Waals surface area contributed by atoms with Crippen molar-refractivity contribution in [2.24, 2.45) is 10.7 Å². The van der Waals surface area contributed by atoms with Gasteiger partial charge in [0.05, 0.1) is 12.2 Å². The van der Waals surface area contributed by atoms with E-state index in [1.807, 2.05) is 6.08 Å². The Bertz CT molecular complexity index is 627. The van der Waals surface area contributed by atoms with Gasteiger partial charge in [0.15, 0.2) is 0 Å². The van der Waals surface area contributed by atoms with E-state index < -0.39 is 5.97 Å². The van der Waals surface area contributed by atoms with Gasteiger partial charge in [0.1, 0.15) is 18.9 Å². The summed E-state index contributed by atoms with van der Waals surface area (Å²) in [5, 5.41) is 11.2. The SMILES string of the molecule is CCCCCCCCCCCCCCCCCCCCC/C=C/C1=NC=C[N+]1(CC(=O)[O-])C(C)N. The molecule has 5 heteroatoms. The molecular formula is C30H55N3O2. The average Bonchev–Trinajstić information content (AvgIpc) is 3.23. The minimum atomic E-state index is -1.12. The fraction of sp³-hybridized carbons (Fsp3) is 0.800. The van der Waals surface area contributed by atoms with Crippen LogP contribution in [-0.4, -0.2) is 29.0 Å². The van der Waals surface area contributed by atoms with Crippen LogP contribution in [0.25, 0.3) is 0 Å². The third kappa shape index (κ3) is 14.6. The molecule has 0 aromatic heterocycles. The zero-order valence-electron chi connectivity index (χ0n) is 23.0. The van der Waals surface area contributed by atoms with Crippen LogP contribution in [0.3, 0.4) is 0 Å². The third-order valence-electron chi connectivity index (χ3n) is 7.32. The molecule has 35 heavy (non-hydrogen) atoms. The molecule has 0 saturated carbocycles. The molecule has 2 N–H and O–H groups in total. The van der Waals surface area contributed by atoms with Crippen molar-refractivity contribution >= 4 is 11.8 Å². The van der Waals surface area contributed by atoms with E-state index in [-0.39, 0.29) is 17.2 Å². The molecule has 0 radical (unpaired) electrons. The van der Waals surface area contributed by atoms with Crippen LogP contribution in [0.4, 0.5) is 0 Å². The minimum absolute atomic E-state index is 0.0258. The summed E-state index contributed by atoms with van der Waals surface area (Å²) in [7, 11) is 0. The van der Waals surface area contributed by atoms with Crippen LogP contribution >= 0.6 is 0 Å². The fourth-order valence-corrected chi connectivity index (χ4v) is 4.96. The molecule has 0 aromatic rings. The summed E-state index contributed by atoms with van der Waals surface area (Å²) >= 11 is 0. The van der Waals surface area contributed by atoms with Crippen LogP contribution < -0.4 is 10.8 Å². The minimum Gasteiger partial charge on any atom is -0.544 e. The standard InChI is InChI=1S/C30H55N3O2/c1-3-4-5-6-7-8-9-10-11-12-13-14-15-16-17-18-19-20-21-22-23-24-29-32-25-26-33(29,28(2)31)27-30(34)35/h23-26,28H,3-22,27,31H2,1-2H3/b24-23+. The van der Waals surface area contributed by atoms with Crippen molar-refractivity contribution in [3.05, 3.63) is 24.6 Å². The normalized spacial score (nSPS) is 18.4. The van der Waals surface area contributed by atoms with Crippen LogP contribution in [0.5, 0.6) is 0 Å². The molecule has 1 rings (SSSR count). The number of nitrogens with zero attached hydrogens (tertiary/aromatic N) is 2. The number of rotatable bonds is 24. The molecule has 1 aliphatic heterocycles. The van der Waals surface area contributed by atoms with Crippen LogP contribution in [0.15, 0.2) is 29.5 Å². The maximum atomic E-state index is 11.2. The van der Waals surface area contributed by atoms with Gasteiger partial charge in [-0.25, -0.2) is 4.48 Å². The van der Waals surface area contributed by atoms with Gasteiger partial charge < -0.3 is 9.90 Å². The lowest BCUT2D eigenvalue weighted by Gasteiger charge is -2.35. The molecule has 5 nitrogen and oxygen atoms in total. The first-order valence-electron chi connectivity index (χ1n) is 14.8. The van der Waals surface area contributed by atoms with E-state index in [0.29, 0.717) is 5.84 Å². The molecule has 0 bridgehead atoms. The first-order valence-corrected chi connectivity index (χ1v) is 14.8. The zero-order chi connectivity index (χ0) is 25.6. The highest BCUT2D eigenvalue weighted by Crippen LogP contribution is 2.21. The van der Waals surface area contributed by atoms with Crippen molar-refractivity contribution in [2.75, 3.05) is 6.54 Å². The zero-order valence-corrected chi connectivity index (χ0v) is 23.0. The van der Waals surface area contributed by atoms with Gasteiger partial charge >= 0.3 is 0 Å². The molecule has 2 atom stereocenters. The molecule has 1 aliphatic rings. The average molecular weight is 490 g/mol. The van der Waals surface area contributed by atoms with Crippen molar-refractivity contribution in [1.29, 1.82) is 0 Å². The van der Waals surface area contributed by atoms with Crippen LogP contribution in [0.2, 0.25) is 0 Å². The number of carbonyl (C=O) groups is 1. The Kier molecular flexibility index (Phi) is 18.7. The first kappa shape index (κ1) is 31.6. The van der Waals surface area contributed by atoms with E-state index in [2.05, 4.69) is 18.0 Å². The number of unbranched alkanes of at least 4 members (excludes halogenated alkanes) is 19. The molecule has 2 unspecified atom stereocenters. The lowest BCUT2D eigenvalue weighted by atomic mass is 10.0. The monoisotopic (exact) mass is 489 g/mol. The summed E-state index contributed by atoms with van der Waals surface area (Å²) in [5.41, 5.74) is 6.07. The largest absolute Gasteiger partial charge is 0.544 e. The molecule has 0 fully saturated rings. The maximum Gasteiger partial charge on any atom is 0.233 e. The Hall–Kier alpha value is -1.46. The predicted molar refractivity (Wildman–Crippen MR) is 148 cm³/mol. The lowest BCUT2D eigenvalue weighted by Crippen LogP contribution is -2.60. The van der Waals surface area contributed by atoms with Gasteiger partial charge in [-0.1, -0.05) is 129 Å². The third-order valence-corrected chi connectivity index (χ3v) is 7.32. The van der Waals surface area contributed by atoms with E-state index in [0.717, 1.165) is 12.8 Å². The quantitative estimate of drug-likeness (QED) is 0.116. The van der Waals surface area contributed by atoms with E-state index in [1.54, 1.807) is 19.3 Å². The van der Waals surface area contributed by atoms with Crippen LogP contribution in [0, 0.1) is 0 Å². The molecular weight excluding hydrogens is 434 g/mol. The predicted octanol–water partition coefficient (Wildman–Crippen LogP) is 7.12. The summed E-state index contributed by atoms with van der Waals surface area (Å²) in [6.45, 7) is 3.91. The maximum absolute atomic E-state index is 11.2. The lowest BCUT2D eigenvalue weighted by molar-refractivity contribution is -0.805. The summed E-state index contributed by atoms with van der Waals surface area (Å²) in [6, 6.07) is 0. The number of carboxylic acid groups (broad SMARTS) is 1. The summed E-state index contributed by atoms with van der Waals surface area (Å²) in [5.74, 6) is -0.434. The van der Waals surface area contributed by atoms with Gasteiger partial charge in [0.25, 0.3) is 0 Å². The number of amidine groups is 1. The fourth-order valence-electron chi connectivity index (χ4n) is 4.96. The van der Waals surface area contributed by atoms with Gasteiger partial charge in [0, 0.05) is 13.0 Å². The highest BCUT2D eigenvalue weighted by molar-refractivity contribution is 5.90. The number of carboxylic acids is 1. The second-order valence-electron chi connectivity index (χ2n) is 10.5. The molecule has 202 valence electrons. The molecule has 0 aromatic carbocycles. The Morgan fingerprint density at radius 3 is 1.69 bits per heavy atom. The Labute approximate surface area is 216 Å². The second kappa shape index (κ2) is 20.7. The number of nitrogens with two attached hydrogens (primary N) is 1. The number of quaternary nitrogens is 1. The Balaban J connectivity index is 1.91. The molecule has 0 spiro atoms. The van der Waals surface area contributed by atoms with Gasteiger partial charge in [-0.15, -0.1) is 0 Å². The van der Waals surface area contributed by atoms with Gasteiger partial charge in [-0.3, -0.25) is 5.73 Å². The summed E-state index contributed by atoms with van der Waals surface area (Å²) in [4.78, 5) is 15.5.